The molecule has 0 aliphatic carbocycles. The molecule has 2 aromatic carbocycles. The maximum Gasteiger partial charge on any atom is 0.189 e. The zero-order chi connectivity index (χ0) is 15.2. The normalized spacial score (nSPS) is 17.1. The van der Waals surface area contributed by atoms with Gasteiger partial charge in [0.05, 0.1) is 13.1 Å². The number of benzene rings is 2. The summed E-state index contributed by atoms with van der Waals surface area (Å²) in [5.41, 5.74) is 7.00. The standard InChI is InChI=1S/C17H19N3O2/c18-17(19-10-13-6-2-1-3-7-13)20-11-14-12-21-15-8-4-5-9-16(15)22-14/h1-9,14H,10-12H2,(H3,18,19,20). The fourth-order valence-corrected chi connectivity index (χ4v) is 2.20. The van der Waals surface area contributed by atoms with Crippen LogP contribution in [-0.4, -0.2) is 25.2 Å². The van der Waals surface area contributed by atoms with E-state index < -0.39 is 0 Å². The predicted octanol–water partition coefficient (Wildman–Crippen LogP) is 1.93. The van der Waals surface area contributed by atoms with E-state index >= 15 is 0 Å². The molecule has 1 aliphatic heterocycles. The number of ether oxygens (including phenoxy) is 2. The summed E-state index contributed by atoms with van der Waals surface area (Å²) in [7, 11) is 0. The fraction of sp³-hybridized carbons (Fsp3) is 0.235. The maximum absolute atomic E-state index is 5.88. The second-order valence-corrected chi connectivity index (χ2v) is 5.07. The van der Waals surface area contributed by atoms with E-state index in [1.807, 2.05) is 54.6 Å². The van der Waals surface area contributed by atoms with Crippen molar-refractivity contribution in [1.29, 1.82) is 0 Å². The molecule has 1 atom stereocenters. The average Bonchev–Trinajstić information content (AvgIpc) is 2.59. The van der Waals surface area contributed by atoms with E-state index in [0.29, 0.717) is 25.7 Å². The molecular formula is C17H19N3O2. The summed E-state index contributed by atoms with van der Waals surface area (Å²) >= 11 is 0. The van der Waals surface area contributed by atoms with Crippen molar-refractivity contribution in [3.63, 3.8) is 0 Å². The van der Waals surface area contributed by atoms with Crippen molar-refractivity contribution >= 4 is 5.96 Å². The van der Waals surface area contributed by atoms with E-state index in [9.17, 15) is 0 Å². The average molecular weight is 297 g/mol. The number of para-hydroxylation sites is 2. The SMILES string of the molecule is NC(=NCc1ccccc1)NCC1COc2ccccc2O1. The predicted molar refractivity (Wildman–Crippen MR) is 86.1 cm³/mol. The number of hydrogen-bond acceptors (Lipinski definition) is 3. The topological polar surface area (TPSA) is 68.9 Å². The molecule has 0 amide bonds. The lowest BCUT2D eigenvalue weighted by atomic mass is 10.2. The van der Waals surface area contributed by atoms with Crippen LogP contribution in [0.5, 0.6) is 11.5 Å². The molecule has 0 fully saturated rings. The highest BCUT2D eigenvalue weighted by molar-refractivity contribution is 5.77. The lowest BCUT2D eigenvalue weighted by molar-refractivity contribution is 0.0937. The summed E-state index contributed by atoms with van der Waals surface area (Å²) in [6.45, 7) is 1.61. The van der Waals surface area contributed by atoms with Gasteiger partial charge in [0.15, 0.2) is 17.5 Å². The molecule has 0 spiro atoms. The molecule has 22 heavy (non-hydrogen) atoms. The van der Waals surface area contributed by atoms with E-state index in [1.54, 1.807) is 0 Å². The molecule has 0 aromatic heterocycles. The Balaban J connectivity index is 1.48. The van der Waals surface area contributed by atoms with Gasteiger partial charge in [-0.2, -0.15) is 0 Å². The van der Waals surface area contributed by atoms with Gasteiger partial charge in [-0.25, -0.2) is 4.99 Å². The number of nitrogens with two attached hydrogens (primary N) is 1. The first-order valence-corrected chi connectivity index (χ1v) is 7.27. The molecule has 2 aromatic rings. The van der Waals surface area contributed by atoms with Gasteiger partial charge in [-0.05, 0) is 17.7 Å². The van der Waals surface area contributed by atoms with Crippen LogP contribution in [0.4, 0.5) is 0 Å². The highest BCUT2D eigenvalue weighted by Crippen LogP contribution is 2.30. The molecule has 0 bridgehead atoms. The Kier molecular flexibility index (Phi) is 4.44. The van der Waals surface area contributed by atoms with Gasteiger partial charge >= 0.3 is 0 Å². The Morgan fingerprint density at radius 3 is 2.64 bits per heavy atom. The van der Waals surface area contributed by atoms with Gasteiger partial charge in [0.25, 0.3) is 0 Å². The van der Waals surface area contributed by atoms with Crippen molar-refractivity contribution in [2.75, 3.05) is 13.2 Å². The summed E-state index contributed by atoms with van der Waals surface area (Å²) < 4.78 is 11.5. The third-order valence-corrected chi connectivity index (χ3v) is 3.35. The van der Waals surface area contributed by atoms with Crippen LogP contribution in [0.1, 0.15) is 5.56 Å². The Morgan fingerprint density at radius 1 is 1.09 bits per heavy atom. The molecule has 3 N–H and O–H groups in total. The number of aliphatic imine (C=N–C) groups is 1. The minimum atomic E-state index is -0.0830. The van der Waals surface area contributed by atoms with E-state index in [1.165, 1.54) is 0 Å². The van der Waals surface area contributed by atoms with E-state index in [0.717, 1.165) is 17.1 Å². The Hall–Kier alpha value is -2.69. The summed E-state index contributed by atoms with van der Waals surface area (Å²) in [5, 5.41) is 3.08. The van der Waals surface area contributed by atoms with Crippen LogP contribution in [0.2, 0.25) is 0 Å². The third kappa shape index (κ3) is 3.69. The Bertz CT molecular complexity index is 643. The molecule has 5 nitrogen and oxygen atoms in total. The highest BCUT2D eigenvalue weighted by atomic mass is 16.6. The van der Waals surface area contributed by atoms with E-state index in [4.69, 9.17) is 15.2 Å². The molecule has 114 valence electrons. The molecule has 0 radical (unpaired) electrons. The molecule has 1 heterocycles. The van der Waals surface area contributed by atoms with Crippen LogP contribution in [-0.2, 0) is 6.54 Å². The summed E-state index contributed by atoms with van der Waals surface area (Å²) in [6.07, 6.45) is -0.0830. The van der Waals surface area contributed by atoms with Crippen LogP contribution < -0.4 is 20.5 Å². The largest absolute Gasteiger partial charge is 0.486 e. The minimum absolute atomic E-state index is 0.0830. The first-order chi connectivity index (χ1) is 10.8. The molecule has 0 saturated carbocycles. The Labute approximate surface area is 129 Å². The van der Waals surface area contributed by atoms with Gasteiger partial charge in [-0.3, -0.25) is 0 Å². The zero-order valence-electron chi connectivity index (χ0n) is 12.2. The highest BCUT2D eigenvalue weighted by Gasteiger charge is 2.20. The van der Waals surface area contributed by atoms with Gasteiger partial charge in [-0.15, -0.1) is 0 Å². The monoisotopic (exact) mass is 297 g/mol. The second kappa shape index (κ2) is 6.85. The minimum Gasteiger partial charge on any atom is -0.486 e. The van der Waals surface area contributed by atoms with Gasteiger partial charge in [0.2, 0.25) is 0 Å². The molecular weight excluding hydrogens is 278 g/mol. The molecule has 0 saturated heterocycles. The zero-order valence-corrected chi connectivity index (χ0v) is 12.2. The fourth-order valence-electron chi connectivity index (χ4n) is 2.20. The van der Waals surface area contributed by atoms with Gasteiger partial charge in [0.1, 0.15) is 12.7 Å². The van der Waals surface area contributed by atoms with Crippen molar-refractivity contribution in [3.8, 4) is 11.5 Å². The third-order valence-electron chi connectivity index (χ3n) is 3.35. The van der Waals surface area contributed by atoms with Crippen molar-refractivity contribution in [2.24, 2.45) is 10.7 Å². The maximum atomic E-state index is 5.88. The number of rotatable bonds is 4. The summed E-state index contributed by atoms with van der Waals surface area (Å²) in [5.74, 6) is 1.95. The van der Waals surface area contributed by atoms with Gasteiger partial charge in [-0.1, -0.05) is 42.5 Å². The first kappa shape index (κ1) is 14.3. The van der Waals surface area contributed by atoms with Gasteiger partial charge < -0.3 is 20.5 Å². The van der Waals surface area contributed by atoms with E-state index in [2.05, 4.69) is 10.3 Å². The van der Waals surface area contributed by atoms with Crippen molar-refractivity contribution in [2.45, 2.75) is 12.6 Å². The van der Waals surface area contributed by atoms with Crippen molar-refractivity contribution < 1.29 is 9.47 Å². The first-order valence-electron chi connectivity index (χ1n) is 7.27. The quantitative estimate of drug-likeness (QED) is 0.668. The van der Waals surface area contributed by atoms with Crippen LogP contribution in [0.3, 0.4) is 0 Å². The molecule has 1 unspecified atom stereocenters. The van der Waals surface area contributed by atoms with Crippen LogP contribution in [0.15, 0.2) is 59.6 Å². The number of fused-ring (bicyclic) bond motifs is 1. The molecule has 3 rings (SSSR count). The van der Waals surface area contributed by atoms with E-state index in [-0.39, 0.29) is 6.10 Å². The van der Waals surface area contributed by atoms with Crippen LogP contribution >= 0.6 is 0 Å². The van der Waals surface area contributed by atoms with Crippen LogP contribution in [0, 0.1) is 0 Å². The van der Waals surface area contributed by atoms with Gasteiger partial charge in [0, 0.05) is 0 Å². The lowest BCUT2D eigenvalue weighted by Crippen LogP contribution is -2.43. The summed E-state index contributed by atoms with van der Waals surface area (Å²) in [6, 6.07) is 17.6. The smallest absolute Gasteiger partial charge is 0.189 e. The Morgan fingerprint density at radius 2 is 1.82 bits per heavy atom. The molecule has 1 aliphatic rings. The summed E-state index contributed by atoms with van der Waals surface area (Å²) in [4.78, 5) is 4.31. The molecule has 5 heteroatoms. The number of guanidine groups is 1. The number of hydrogen-bond donors (Lipinski definition) is 2. The van der Waals surface area contributed by atoms with Crippen LogP contribution in [0.25, 0.3) is 0 Å². The lowest BCUT2D eigenvalue weighted by Gasteiger charge is -2.26. The number of nitrogens with zero attached hydrogens (tertiary/aromatic N) is 1. The van der Waals surface area contributed by atoms with Crippen molar-refractivity contribution in [3.05, 3.63) is 60.2 Å². The second-order valence-electron chi connectivity index (χ2n) is 5.07. The van der Waals surface area contributed by atoms with Crippen molar-refractivity contribution in [1.82, 2.24) is 5.32 Å². The number of nitrogens with one attached hydrogen (secondary N) is 1.